The van der Waals surface area contributed by atoms with Crippen molar-refractivity contribution < 1.29 is 4.74 Å². The summed E-state index contributed by atoms with van der Waals surface area (Å²) in [6, 6.07) is 8.61. The van der Waals surface area contributed by atoms with Gasteiger partial charge in [-0.15, -0.1) is 0 Å². The zero-order valence-corrected chi connectivity index (χ0v) is 14.7. The van der Waals surface area contributed by atoms with Crippen molar-refractivity contribution in [1.29, 1.82) is 0 Å². The van der Waals surface area contributed by atoms with Gasteiger partial charge >= 0.3 is 0 Å². The molecule has 1 aromatic rings. The van der Waals surface area contributed by atoms with Crippen molar-refractivity contribution in [2.45, 2.75) is 27.2 Å². The van der Waals surface area contributed by atoms with Crippen molar-refractivity contribution >= 4 is 15.9 Å². The fourth-order valence-electron chi connectivity index (χ4n) is 2.40. The summed E-state index contributed by atoms with van der Waals surface area (Å²) in [5.41, 5.74) is 1.39. The Balaban J connectivity index is 2.61. The number of halogens is 1. The van der Waals surface area contributed by atoms with Crippen LogP contribution in [0.2, 0.25) is 0 Å². The van der Waals surface area contributed by atoms with Crippen LogP contribution in [0.1, 0.15) is 26.3 Å². The van der Waals surface area contributed by atoms with Crippen LogP contribution in [0.3, 0.4) is 0 Å². The Morgan fingerprint density at radius 3 is 2.55 bits per heavy atom. The number of rotatable bonds is 9. The molecule has 0 amide bonds. The molecule has 0 radical (unpaired) electrons. The Bertz CT molecular complexity index is 381. The third kappa shape index (κ3) is 6.87. The number of methoxy groups -OCH3 is 1. The van der Waals surface area contributed by atoms with E-state index < -0.39 is 0 Å². The number of benzene rings is 1. The molecule has 0 bridgehead atoms. The van der Waals surface area contributed by atoms with Crippen molar-refractivity contribution in [2.24, 2.45) is 17.8 Å². The van der Waals surface area contributed by atoms with E-state index in [1.807, 2.05) is 0 Å². The first-order valence-corrected chi connectivity index (χ1v) is 8.26. The lowest BCUT2D eigenvalue weighted by Crippen LogP contribution is -2.32. The van der Waals surface area contributed by atoms with E-state index in [4.69, 9.17) is 4.74 Å². The Kier molecular flexibility index (Phi) is 8.43. The third-order valence-electron chi connectivity index (χ3n) is 3.58. The lowest BCUT2D eigenvalue weighted by atomic mass is 9.88. The largest absolute Gasteiger partial charge is 0.384 e. The monoisotopic (exact) mass is 341 g/mol. The molecule has 2 atom stereocenters. The van der Waals surface area contributed by atoms with Crippen molar-refractivity contribution in [1.82, 2.24) is 5.32 Å². The topological polar surface area (TPSA) is 21.3 Å². The predicted octanol–water partition coefficient (Wildman–Crippen LogP) is 4.14. The molecule has 2 unspecified atom stereocenters. The lowest BCUT2D eigenvalue weighted by Gasteiger charge is -2.24. The second-order valence-corrected chi connectivity index (χ2v) is 6.99. The quantitative estimate of drug-likeness (QED) is 0.728. The molecule has 2 nitrogen and oxygen atoms in total. The fourth-order valence-corrected chi connectivity index (χ4v) is 2.84. The molecule has 3 heteroatoms. The Morgan fingerprint density at radius 1 is 1.20 bits per heavy atom. The summed E-state index contributed by atoms with van der Waals surface area (Å²) in [6.07, 6.45) is 1.09. The van der Waals surface area contributed by atoms with E-state index in [9.17, 15) is 0 Å². The normalized spacial score (nSPS) is 14.5. The van der Waals surface area contributed by atoms with Gasteiger partial charge in [0.2, 0.25) is 0 Å². The van der Waals surface area contributed by atoms with Crippen LogP contribution in [0.25, 0.3) is 0 Å². The number of hydrogen-bond donors (Lipinski definition) is 1. The molecular formula is C17H28BrNO. The number of ether oxygens (including phenoxy) is 1. The SMILES string of the molecule is COCC(C)C(CNCC(C)C)Cc1cccc(Br)c1. The fraction of sp³-hybridized carbons (Fsp3) is 0.647. The van der Waals surface area contributed by atoms with Crippen LogP contribution in [0.15, 0.2) is 28.7 Å². The Morgan fingerprint density at radius 2 is 1.95 bits per heavy atom. The van der Waals surface area contributed by atoms with Crippen LogP contribution < -0.4 is 5.32 Å². The molecule has 0 aromatic heterocycles. The van der Waals surface area contributed by atoms with Gasteiger partial charge in [-0.25, -0.2) is 0 Å². The highest BCUT2D eigenvalue weighted by Crippen LogP contribution is 2.20. The van der Waals surface area contributed by atoms with Gasteiger partial charge in [0.25, 0.3) is 0 Å². The standard InChI is InChI=1S/C17H28BrNO/c1-13(2)10-19-11-16(14(3)12-20-4)8-15-6-5-7-17(18)9-15/h5-7,9,13-14,16,19H,8,10-12H2,1-4H3. The maximum absolute atomic E-state index is 5.34. The number of hydrogen-bond acceptors (Lipinski definition) is 2. The average molecular weight is 342 g/mol. The van der Waals surface area contributed by atoms with E-state index >= 15 is 0 Å². The van der Waals surface area contributed by atoms with Crippen molar-refractivity contribution in [3.63, 3.8) is 0 Å². The highest BCUT2D eigenvalue weighted by Gasteiger charge is 2.18. The molecule has 0 saturated carbocycles. The molecule has 114 valence electrons. The predicted molar refractivity (Wildman–Crippen MR) is 90.1 cm³/mol. The van der Waals surface area contributed by atoms with Crippen molar-refractivity contribution in [3.05, 3.63) is 34.3 Å². The van der Waals surface area contributed by atoms with Gasteiger partial charge in [0.15, 0.2) is 0 Å². The minimum Gasteiger partial charge on any atom is -0.384 e. The summed E-state index contributed by atoms with van der Waals surface area (Å²) in [5.74, 6) is 1.85. The molecule has 0 aliphatic carbocycles. The second-order valence-electron chi connectivity index (χ2n) is 6.08. The van der Waals surface area contributed by atoms with Gasteiger partial charge in [-0.1, -0.05) is 48.8 Å². The molecule has 0 aliphatic heterocycles. The maximum atomic E-state index is 5.34. The summed E-state index contributed by atoms with van der Waals surface area (Å²) >= 11 is 3.55. The van der Waals surface area contributed by atoms with E-state index in [-0.39, 0.29) is 0 Å². The minimum absolute atomic E-state index is 0.554. The summed E-state index contributed by atoms with van der Waals surface area (Å²) in [4.78, 5) is 0. The van der Waals surface area contributed by atoms with E-state index in [0.717, 1.165) is 30.6 Å². The van der Waals surface area contributed by atoms with Crippen LogP contribution >= 0.6 is 15.9 Å². The first-order valence-electron chi connectivity index (χ1n) is 7.47. The van der Waals surface area contributed by atoms with Gasteiger partial charge in [-0.05, 0) is 55.0 Å². The number of nitrogens with one attached hydrogen (secondary N) is 1. The smallest absolute Gasteiger partial charge is 0.0491 e. The van der Waals surface area contributed by atoms with Crippen LogP contribution in [0.5, 0.6) is 0 Å². The van der Waals surface area contributed by atoms with Gasteiger partial charge in [0.05, 0.1) is 0 Å². The van der Waals surface area contributed by atoms with Crippen LogP contribution in [0, 0.1) is 17.8 Å². The van der Waals surface area contributed by atoms with Gasteiger partial charge in [-0.3, -0.25) is 0 Å². The molecular weight excluding hydrogens is 314 g/mol. The minimum atomic E-state index is 0.554. The molecule has 1 rings (SSSR count). The van der Waals surface area contributed by atoms with Crippen LogP contribution in [-0.4, -0.2) is 26.8 Å². The van der Waals surface area contributed by atoms with E-state index in [1.54, 1.807) is 7.11 Å². The zero-order chi connectivity index (χ0) is 15.0. The van der Waals surface area contributed by atoms with Crippen LogP contribution in [-0.2, 0) is 11.2 Å². The summed E-state index contributed by atoms with van der Waals surface area (Å²) in [5, 5.41) is 3.59. The van der Waals surface area contributed by atoms with E-state index in [2.05, 4.69) is 66.3 Å². The summed E-state index contributed by atoms with van der Waals surface area (Å²) < 4.78 is 6.49. The molecule has 1 N–H and O–H groups in total. The molecule has 0 aliphatic rings. The van der Waals surface area contributed by atoms with Gasteiger partial charge < -0.3 is 10.1 Å². The lowest BCUT2D eigenvalue weighted by molar-refractivity contribution is 0.128. The van der Waals surface area contributed by atoms with Crippen molar-refractivity contribution in [3.8, 4) is 0 Å². The van der Waals surface area contributed by atoms with Crippen molar-refractivity contribution in [2.75, 3.05) is 26.8 Å². The summed E-state index contributed by atoms with van der Waals surface area (Å²) in [7, 11) is 1.79. The molecule has 0 saturated heterocycles. The summed E-state index contributed by atoms with van der Waals surface area (Å²) in [6.45, 7) is 9.72. The zero-order valence-electron chi connectivity index (χ0n) is 13.2. The highest BCUT2D eigenvalue weighted by atomic mass is 79.9. The molecule has 0 fully saturated rings. The molecule has 1 aromatic carbocycles. The van der Waals surface area contributed by atoms with E-state index in [1.165, 1.54) is 5.56 Å². The average Bonchev–Trinajstić information content (AvgIpc) is 2.37. The third-order valence-corrected chi connectivity index (χ3v) is 4.07. The molecule has 20 heavy (non-hydrogen) atoms. The maximum Gasteiger partial charge on any atom is 0.0491 e. The highest BCUT2D eigenvalue weighted by molar-refractivity contribution is 9.10. The van der Waals surface area contributed by atoms with Gasteiger partial charge in [0.1, 0.15) is 0 Å². The second kappa shape index (κ2) is 9.54. The van der Waals surface area contributed by atoms with Gasteiger partial charge in [-0.2, -0.15) is 0 Å². The van der Waals surface area contributed by atoms with Crippen LogP contribution in [0.4, 0.5) is 0 Å². The molecule has 0 heterocycles. The molecule has 0 spiro atoms. The first-order chi connectivity index (χ1) is 9.52. The van der Waals surface area contributed by atoms with Gasteiger partial charge in [0, 0.05) is 18.2 Å². The first kappa shape index (κ1) is 17.7. The Labute approximate surface area is 132 Å². The Hall–Kier alpha value is -0.380. The van der Waals surface area contributed by atoms with E-state index in [0.29, 0.717) is 17.8 Å².